The summed E-state index contributed by atoms with van der Waals surface area (Å²) in [6.45, 7) is 3.27. The summed E-state index contributed by atoms with van der Waals surface area (Å²) in [5, 5.41) is 0. The molecule has 0 saturated carbocycles. The second kappa shape index (κ2) is 8.36. The van der Waals surface area contributed by atoms with Crippen molar-refractivity contribution in [1.82, 2.24) is 15.0 Å². The van der Waals surface area contributed by atoms with E-state index in [1.54, 1.807) is 37.3 Å². The molecule has 1 atom stereocenters. The van der Waals surface area contributed by atoms with Crippen LogP contribution in [0, 0.1) is 6.92 Å². The number of nitrogens with two attached hydrogens (primary N) is 1. The van der Waals surface area contributed by atoms with Crippen LogP contribution in [0.4, 0.5) is 13.2 Å². The van der Waals surface area contributed by atoms with Gasteiger partial charge in [0.25, 0.3) is 5.91 Å². The number of hydrogen-bond acceptors (Lipinski definition) is 6. The molecule has 3 rings (SSSR count). The SMILES string of the molecule is Cc1cc(OC(C)C(N)=O)nc(-c2ccc(Oc3ccc(C(F)(F)F)cn3)cc2)n1. The van der Waals surface area contributed by atoms with Crippen molar-refractivity contribution in [3.8, 4) is 28.9 Å². The summed E-state index contributed by atoms with van der Waals surface area (Å²) in [6.07, 6.45) is -4.60. The van der Waals surface area contributed by atoms with Crippen molar-refractivity contribution in [2.24, 2.45) is 5.73 Å². The Morgan fingerprint density at radius 1 is 1.07 bits per heavy atom. The molecule has 0 fully saturated rings. The fraction of sp³-hybridized carbons (Fsp3) is 0.200. The van der Waals surface area contributed by atoms with Crippen LogP contribution >= 0.6 is 0 Å². The van der Waals surface area contributed by atoms with Gasteiger partial charge >= 0.3 is 6.18 Å². The van der Waals surface area contributed by atoms with E-state index in [9.17, 15) is 18.0 Å². The molecule has 0 radical (unpaired) electrons. The van der Waals surface area contributed by atoms with E-state index >= 15 is 0 Å². The number of ether oxygens (including phenoxy) is 2. The molecule has 0 aliphatic heterocycles. The van der Waals surface area contributed by atoms with E-state index in [2.05, 4.69) is 15.0 Å². The number of aromatic nitrogens is 3. The predicted molar refractivity (Wildman–Crippen MR) is 101 cm³/mol. The Morgan fingerprint density at radius 3 is 2.33 bits per heavy atom. The van der Waals surface area contributed by atoms with E-state index in [0.29, 0.717) is 29.0 Å². The van der Waals surface area contributed by atoms with Crippen molar-refractivity contribution in [2.75, 3.05) is 0 Å². The minimum Gasteiger partial charge on any atom is -0.464 e. The van der Waals surface area contributed by atoms with Crippen LogP contribution < -0.4 is 15.2 Å². The molecular weight excluding hydrogens is 401 g/mol. The normalized spacial score (nSPS) is 12.3. The van der Waals surface area contributed by atoms with E-state index in [0.717, 1.165) is 12.1 Å². The molecule has 3 aromatic rings. The first-order valence-electron chi connectivity index (χ1n) is 8.75. The predicted octanol–water partition coefficient (Wildman–Crippen LogP) is 3.91. The number of carbonyl (C=O) groups excluding carboxylic acids is 1. The Labute approximate surface area is 169 Å². The van der Waals surface area contributed by atoms with Crippen molar-refractivity contribution >= 4 is 5.91 Å². The minimum atomic E-state index is -4.46. The van der Waals surface area contributed by atoms with Gasteiger partial charge in [0, 0.05) is 29.6 Å². The molecule has 1 unspecified atom stereocenters. The standard InChI is InChI=1S/C20H17F3N4O3/c1-11-9-17(29-12(2)18(24)28)27-19(26-11)13-3-6-15(7-4-13)30-16-8-5-14(10-25-16)20(21,22)23/h3-10,12H,1-2H3,(H2,24,28). The molecule has 7 nitrogen and oxygen atoms in total. The molecule has 2 aromatic heterocycles. The van der Waals surface area contributed by atoms with Gasteiger partial charge < -0.3 is 15.2 Å². The highest BCUT2D eigenvalue weighted by Gasteiger charge is 2.30. The third kappa shape index (κ3) is 5.22. The number of pyridine rings is 1. The highest BCUT2D eigenvalue weighted by Crippen LogP contribution is 2.30. The second-order valence-electron chi connectivity index (χ2n) is 6.34. The highest BCUT2D eigenvalue weighted by molar-refractivity contribution is 5.78. The van der Waals surface area contributed by atoms with Gasteiger partial charge in [-0.15, -0.1) is 0 Å². The summed E-state index contributed by atoms with van der Waals surface area (Å²) >= 11 is 0. The molecule has 0 spiro atoms. The van der Waals surface area contributed by atoms with Crippen LogP contribution in [-0.4, -0.2) is 27.0 Å². The van der Waals surface area contributed by atoms with E-state index in [-0.39, 0.29) is 11.8 Å². The van der Waals surface area contributed by atoms with Crippen molar-refractivity contribution < 1.29 is 27.4 Å². The van der Waals surface area contributed by atoms with Gasteiger partial charge in [0.05, 0.1) is 5.56 Å². The Bertz CT molecular complexity index is 1040. The Kier molecular flexibility index (Phi) is 5.86. The largest absolute Gasteiger partial charge is 0.464 e. The number of hydrogen-bond donors (Lipinski definition) is 1. The number of aryl methyl sites for hydroxylation is 1. The molecule has 30 heavy (non-hydrogen) atoms. The molecule has 0 aliphatic rings. The number of nitrogens with zero attached hydrogens (tertiary/aromatic N) is 3. The molecule has 10 heteroatoms. The fourth-order valence-corrected chi connectivity index (χ4v) is 2.37. The number of primary amides is 1. The van der Waals surface area contributed by atoms with Crippen LogP contribution in [0.5, 0.6) is 17.5 Å². The van der Waals surface area contributed by atoms with Crippen molar-refractivity contribution in [3.05, 3.63) is 59.9 Å². The number of amides is 1. The third-order valence-electron chi connectivity index (χ3n) is 3.93. The van der Waals surface area contributed by atoms with Crippen molar-refractivity contribution in [3.63, 3.8) is 0 Å². The maximum atomic E-state index is 12.6. The number of benzene rings is 1. The summed E-state index contributed by atoms with van der Waals surface area (Å²) in [4.78, 5) is 23.4. The van der Waals surface area contributed by atoms with Gasteiger partial charge in [-0.1, -0.05) is 0 Å². The second-order valence-corrected chi connectivity index (χ2v) is 6.34. The lowest BCUT2D eigenvalue weighted by Gasteiger charge is -2.12. The quantitative estimate of drug-likeness (QED) is 0.652. The summed E-state index contributed by atoms with van der Waals surface area (Å²) in [7, 11) is 0. The molecule has 1 amide bonds. The topological polar surface area (TPSA) is 100 Å². The van der Waals surface area contributed by atoms with Crippen LogP contribution in [0.1, 0.15) is 18.2 Å². The van der Waals surface area contributed by atoms with Gasteiger partial charge in [-0.3, -0.25) is 4.79 Å². The van der Waals surface area contributed by atoms with Gasteiger partial charge in [-0.25, -0.2) is 9.97 Å². The zero-order chi connectivity index (χ0) is 21.9. The van der Waals surface area contributed by atoms with E-state index in [1.165, 1.54) is 6.92 Å². The van der Waals surface area contributed by atoms with E-state index in [4.69, 9.17) is 15.2 Å². The van der Waals surface area contributed by atoms with Crippen LogP contribution in [0.3, 0.4) is 0 Å². The lowest BCUT2D eigenvalue weighted by molar-refractivity contribution is -0.137. The number of rotatable bonds is 6. The van der Waals surface area contributed by atoms with Crippen molar-refractivity contribution in [2.45, 2.75) is 26.1 Å². The average molecular weight is 418 g/mol. The van der Waals surface area contributed by atoms with Gasteiger partial charge in [-0.2, -0.15) is 18.2 Å². The van der Waals surface area contributed by atoms with Crippen LogP contribution in [0.2, 0.25) is 0 Å². The van der Waals surface area contributed by atoms with E-state index < -0.39 is 23.8 Å². The minimum absolute atomic E-state index is 0.0266. The Morgan fingerprint density at radius 2 is 1.77 bits per heavy atom. The Balaban J connectivity index is 1.75. The molecular formula is C20H17F3N4O3. The van der Waals surface area contributed by atoms with Gasteiger partial charge in [0.15, 0.2) is 11.9 Å². The number of carbonyl (C=O) groups is 1. The fourth-order valence-electron chi connectivity index (χ4n) is 2.37. The monoisotopic (exact) mass is 418 g/mol. The number of alkyl halides is 3. The average Bonchev–Trinajstić information content (AvgIpc) is 2.67. The highest BCUT2D eigenvalue weighted by atomic mass is 19.4. The summed E-state index contributed by atoms with van der Waals surface area (Å²) in [6, 6.07) is 10.2. The first kappa shape index (κ1) is 21.0. The summed E-state index contributed by atoms with van der Waals surface area (Å²) in [5.74, 6) is 0.348. The summed E-state index contributed by atoms with van der Waals surface area (Å²) in [5.41, 5.74) is 5.61. The molecule has 2 N–H and O–H groups in total. The maximum Gasteiger partial charge on any atom is 0.417 e. The Hall–Kier alpha value is -3.69. The molecule has 2 heterocycles. The lowest BCUT2D eigenvalue weighted by atomic mass is 10.2. The first-order chi connectivity index (χ1) is 14.1. The summed E-state index contributed by atoms with van der Waals surface area (Å²) < 4.78 is 48.7. The van der Waals surface area contributed by atoms with Gasteiger partial charge in [-0.05, 0) is 44.2 Å². The molecule has 156 valence electrons. The smallest absolute Gasteiger partial charge is 0.417 e. The zero-order valence-corrected chi connectivity index (χ0v) is 16.0. The van der Waals surface area contributed by atoms with Gasteiger partial charge in [0.2, 0.25) is 11.8 Å². The lowest BCUT2D eigenvalue weighted by Crippen LogP contribution is -2.31. The molecule has 0 saturated heterocycles. The zero-order valence-electron chi connectivity index (χ0n) is 16.0. The van der Waals surface area contributed by atoms with Crippen LogP contribution in [-0.2, 0) is 11.0 Å². The maximum absolute atomic E-state index is 12.6. The molecule has 1 aromatic carbocycles. The third-order valence-corrected chi connectivity index (χ3v) is 3.93. The molecule has 0 aliphatic carbocycles. The van der Waals surface area contributed by atoms with Crippen LogP contribution in [0.15, 0.2) is 48.7 Å². The van der Waals surface area contributed by atoms with Crippen LogP contribution in [0.25, 0.3) is 11.4 Å². The van der Waals surface area contributed by atoms with Crippen molar-refractivity contribution in [1.29, 1.82) is 0 Å². The number of halogens is 3. The van der Waals surface area contributed by atoms with Gasteiger partial charge in [0.1, 0.15) is 5.75 Å². The first-order valence-corrected chi connectivity index (χ1v) is 8.75. The van der Waals surface area contributed by atoms with E-state index in [1.807, 2.05) is 0 Å². The molecule has 0 bridgehead atoms.